The highest BCUT2D eigenvalue weighted by atomic mass is 16.6. The van der Waals surface area contributed by atoms with E-state index < -0.39 is 5.60 Å². The highest BCUT2D eigenvalue weighted by molar-refractivity contribution is 5.78. The van der Waals surface area contributed by atoms with Crippen LogP contribution in [0.4, 0.5) is 10.6 Å². The van der Waals surface area contributed by atoms with Gasteiger partial charge < -0.3 is 20.1 Å². The lowest BCUT2D eigenvalue weighted by Gasteiger charge is -2.24. The number of benzene rings is 1. The summed E-state index contributed by atoms with van der Waals surface area (Å²) in [4.78, 5) is 27.2. The van der Waals surface area contributed by atoms with Crippen LogP contribution in [0, 0.1) is 0 Å². The zero-order chi connectivity index (χ0) is 20.6. The lowest BCUT2D eigenvalue weighted by atomic mass is 10.2. The van der Waals surface area contributed by atoms with Gasteiger partial charge in [-0.3, -0.25) is 9.55 Å². The lowest BCUT2D eigenvalue weighted by molar-refractivity contribution is 0.0293. The minimum Gasteiger partial charge on any atom is -0.508 e. The normalized spacial score (nSPS) is 16.9. The zero-order valence-corrected chi connectivity index (χ0v) is 16.7. The molecule has 4 rings (SSSR count). The Labute approximate surface area is 168 Å². The van der Waals surface area contributed by atoms with E-state index in [1.807, 2.05) is 20.8 Å². The molecule has 3 aromatic rings. The summed E-state index contributed by atoms with van der Waals surface area (Å²) in [5, 5.41) is 13.1. The van der Waals surface area contributed by atoms with Crippen LogP contribution in [0.3, 0.4) is 0 Å². The largest absolute Gasteiger partial charge is 0.508 e. The summed E-state index contributed by atoms with van der Waals surface area (Å²) in [7, 11) is 0. The zero-order valence-electron chi connectivity index (χ0n) is 16.7. The van der Waals surface area contributed by atoms with E-state index in [9.17, 15) is 9.90 Å². The summed E-state index contributed by atoms with van der Waals surface area (Å²) < 4.78 is 7.21. The fourth-order valence-corrected chi connectivity index (χ4v) is 3.30. The average molecular weight is 396 g/mol. The summed E-state index contributed by atoms with van der Waals surface area (Å²) in [6.45, 7) is 6.75. The van der Waals surface area contributed by atoms with Gasteiger partial charge in [0.25, 0.3) is 0 Å². The van der Waals surface area contributed by atoms with Gasteiger partial charge >= 0.3 is 6.09 Å². The molecule has 0 unspecified atom stereocenters. The Bertz CT molecular complexity index is 1040. The summed E-state index contributed by atoms with van der Waals surface area (Å²) in [5.41, 5.74) is 0.991. The highest BCUT2D eigenvalue weighted by Gasteiger charge is 2.30. The molecule has 0 spiro atoms. The smallest absolute Gasteiger partial charge is 0.410 e. The quantitative estimate of drug-likeness (QED) is 0.701. The van der Waals surface area contributed by atoms with Gasteiger partial charge in [-0.2, -0.15) is 0 Å². The number of anilines is 1. The second-order valence-corrected chi connectivity index (χ2v) is 8.11. The van der Waals surface area contributed by atoms with Crippen LogP contribution >= 0.6 is 0 Å². The van der Waals surface area contributed by atoms with Crippen molar-refractivity contribution >= 4 is 22.9 Å². The van der Waals surface area contributed by atoms with Crippen molar-refractivity contribution in [2.45, 2.75) is 38.8 Å². The predicted octanol–water partition coefficient (Wildman–Crippen LogP) is 2.94. The summed E-state index contributed by atoms with van der Waals surface area (Å²) >= 11 is 0. The van der Waals surface area contributed by atoms with Crippen LogP contribution in [0.25, 0.3) is 16.9 Å². The third-order valence-corrected chi connectivity index (χ3v) is 4.59. The van der Waals surface area contributed by atoms with E-state index in [-0.39, 0.29) is 17.9 Å². The molecule has 9 nitrogen and oxygen atoms in total. The van der Waals surface area contributed by atoms with E-state index >= 15 is 0 Å². The second-order valence-electron chi connectivity index (χ2n) is 8.11. The van der Waals surface area contributed by atoms with Crippen molar-refractivity contribution in [3.05, 3.63) is 36.9 Å². The molecule has 3 heterocycles. The van der Waals surface area contributed by atoms with Crippen LogP contribution in [-0.2, 0) is 4.74 Å². The molecule has 0 aliphatic carbocycles. The van der Waals surface area contributed by atoms with E-state index in [2.05, 4.69) is 20.3 Å². The predicted molar refractivity (Wildman–Crippen MR) is 108 cm³/mol. The highest BCUT2D eigenvalue weighted by Crippen LogP contribution is 2.22. The van der Waals surface area contributed by atoms with Crippen molar-refractivity contribution in [1.29, 1.82) is 0 Å². The third-order valence-electron chi connectivity index (χ3n) is 4.59. The molecule has 1 aromatic carbocycles. The summed E-state index contributed by atoms with van der Waals surface area (Å²) in [6, 6.07) is 5.05. The van der Waals surface area contributed by atoms with Gasteiger partial charge in [0.05, 0.1) is 23.4 Å². The van der Waals surface area contributed by atoms with Gasteiger partial charge in [0, 0.05) is 25.2 Å². The van der Waals surface area contributed by atoms with E-state index in [1.165, 1.54) is 0 Å². The Morgan fingerprint density at radius 2 is 2.14 bits per heavy atom. The van der Waals surface area contributed by atoms with Crippen LogP contribution in [0.2, 0.25) is 0 Å². The molecule has 29 heavy (non-hydrogen) atoms. The number of fused-ring (bicyclic) bond motifs is 1. The van der Waals surface area contributed by atoms with Crippen molar-refractivity contribution in [2.75, 3.05) is 18.4 Å². The van der Waals surface area contributed by atoms with Crippen molar-refractivity contribution in [3.8, 4) is 11.6 Å². The topological polar surface area (TPSA) is 105 Å². The number of hydrogen-bond acceptors (Lipinski definition) is 7. The number of carbonyl (C=O) groups is 1. The Balaban J connectivity index is 1.47. The molecular weight excluding hydrogens is 372 g/mol. The Morgan fingerprint density at radius 3 is 2.93 bits per heavy atom. The number of amides is 1. The van der Waals surface area contributed by atoms with Crippen LogP contribution in [0.15, 0.2) is 36.9 Å². The summed E-state index contributed by atoms with van der Waals surface area (Å²) in [6.07, 6.45) is 5.44. The van der Waals surface area contributed by atoms with Crippen molar-refractivity contribution in [3.63, 3.8) is 0 Å². The maximum atomic E-state index is 12.2. The fraction of sp³-hybridized carbons (Fsp3) is 0.400. The molecule has 2 aromatic heterocycles. The molecule has 152 valence electrons. The molecule has 1 saturated heterocycles. The number of aromatic hydroxyl groups is 1. The molecule has 9 heteroatoms. The monoisotopic (exact) mass is 396 g/mol. The molecule has 1 atom stereocenters. The van der Waals surface area contributed by atoms with Crippen molar-refractivity contribution < 1.29 is 14.6 Å². The van der Waals surface area contributed by atoms with Gasteiger partial charge in [0.2, 0.25) is 0 Å². The number of rotatable bonds is 3. The standard InChI is InChI=1S/C20H24N6O3/c1-20(2,3)29-19(28)25-7-6-13(11-25)23-17-9-21-10-18(24-17)26-12-22-15-5-4-14(27)8-16(15)26/h4-5,8-10,12-13,27H,6-7,11H2,1-3H3,(H,23,24)/t13-/m1/s1. The number of likely N-dealkylation sites (tertiary alicyclic amines) is 1. The second kappa shape index (κ2) is 7.23. The number of ether oxygens (including phenoxy) is 1. The van der Waals surface area contributed by atoms with Crippen LogP contribution in [-0.4, -0.2) is 60.4 Å². The summed E-state index contributed by atoms with van der Waals surface area (Å²) in [5.74, 6) is 1.36. The maximum Gasteiger partial charge on any atom is 0.410 e. The number of aromatic nitrogens is 4. The van der Waals surface area contributed by atoms with Gasteiger partial charge in [-0.1, -0.05) is 0 Å². The number of phenolic OH excluding ortho intramolecular Hbond substituents is 1. The number of nitrogens with zero attached hydrogens (tertiary/aromatic N) is 5. The van der Waals surface area contributed by atoms with Gasteiger partial charge in [-0.05, 0) is 39.3 Å². The SMILES string of the molecule is CC(C)(C)OC(=O)N1CC[C@@H](Nc2cncc(-n3cnc4ccc(O)cc43)n2)C1. The van der Waals surface area contributed by atoms with Crippen LogP contribution in [0.5, 0.6) is 5.75 Å². The van der Waals surface area contributed by atoms with Crippen molar-refractivity contribution in [2.24, 2.45) is 0 Å². The first-order valence-electron chi connectivity index (χ1n) is 9.51. The van der Waals surface area contributed by atoms with Gasteiger partial charge in [-0.25, -0.2) is 14.8 Å². The fourth-order valence-electron chi connectivity index (χ4n) is 3.30. The van der Waals surface area contributed by atoms with E-state index in [1.54, 1.807) is 46.4 Å². The molecule has 1 aliphatic rings. The average Bonchev–Trinajstić information content (AvgIpc) is 3.27. The van der Waals surface area contributed by atoms with Crippen LogP contribution < -0.4 is 5.32 Å². The molecule has 1 aliphatic heterocycles. The van der Waals surface area contributed by atoms with Gasteiger partial charge in [-0.15, -0.1) is 0 Å². The maximum absolute atomic E-state index is 12.2. The Hall–Kier alpha value is -3.36. The first-order valence-corrected chi connectivity index (χ1v) is 9.51. The Kier molecular flexibility index (Phi) is 4.73. The molecular formula is C20H24N6O3. The van der Waals surface area contributed by atoms with Gasteiger partial charge in [0.1, 0.15) is 23.5 Å². The molecule has 0 saturated carbocycles. The third kappa shape index (κ3) is 4.23. The number of imidazole rings is 1. The molecule has 2 N–H and O–H groups in total. The lowest BCUT2D eigenvalue weighted by Crippen LogP contribution is -2.36. The van der Waals surface area contributed by atoms with E-state index in [4.69, 9.17) is 4.74 Å². The van der Waals surface area contributed by atoms with Crippen molar-refractivity contribution in [1.82, 2.24) is 24.4 Å². The number of phenols is 1. The molecule has 0 radical (unpaired) electrons. The minimum atomic E-state index is -0.510. The number of carbonyl (C=O) groups excluding carboxylic acids is 1. The first kappa shape index (κ1) is 19.0. The molecule has 1 fully saturated rings. The molecule has 1 amide bonds. The number of hydrogen-bond donors (Lipinski definition) is 2. The van der Waals surface area contributed by atoms with E-state index in [0.717, 1.165) is 17.5 Å². The minimum absolute atomic E-state index is 0.0654. The Morgan fingerprint density at radius 1 is 1.31 bits per heavy atom. The van der Waals surface area contributed by atoms with Gasteiger partial charge in [0.15, 0.2) is 5.82 Å². The number of nitrogens with one attached hydrogen (secondary N) is 1. The molecule has 0 bridgehead atoms. The first-order chi connectivity index (χ1) is 13.8. The van der Waals surface area contributed by atoms with E-state index in [0.29, 0.717) is 24.7 Å². The van der Waals surface area contributed by atoms with Crippen LogP contribution in [0.1, 0.15) is 27.2 Å².